The lowest BCUT2D eigenvalue weighted by Gasteiger charge is -2.00. The van der Waals surface area contributed by atoms with Gasteiger partial charge in [0.2, 0.25) is 0 Å². The van der Waals surface area contributed by atoms with Crippen LogP contribution >= 0.6 is 0 Å². The van der Waals surface area contributed by atoms with Crippen molar-refractivity contribution < 1.29 is 4.79 Å². The third kappa shape index (κ3) is 4.81. The Hall–Kier alpha value is -0.660. The fourth-order valence-corrected chi connectivity index (χ4v) is 1.76. The van der Waals surface area contributed by atoms with Gasteiger partial charge in [-0.15, -0.1) is 0 Å². The lowest BCUT2D eigenvalue weighted by atomic mass is 10.1. The highest BCUT2D eigenvalue weighted by atomic mass is 16.1. The normalized spacial score (nSPS) is 22.5. The molecule has 0 spiro atoms. The molecule has 1 saturated carbocycles. The van der Waals surface area contributed by atoms with Crippen molar-refractivity contribution in [2.45, 2.75) is 57.8 Å². The number of hydrogen-bond donors (Lipinski definition) is 1. The highest BCUT2D eigenvalue weighted by Gasteiger charge is 2.05. The summed E-state index contributed by atoms with van der Waals surface area (Å²) in [7, 11) is 0. The van der Waals surface area contributed by atoms with Crippen molar-refractivity contribution in [2.24, 2.45) is 0 Å². The van der Waals surface area contributed by atoms with Crippen LogP contribution in [0.1, 0.15) is 57.8 Å². The lowest BCUT2D eigenvalue weighted by Crippen LogP contribution is -1.99. The third-order valence-electron chi connectivity index (χ3n) is 2.62. The van der Waals surface area contributed by atoms with Crippen molar-refractivity contribution in [3.8, 4) is 0 Å². The Morgan fingerprint density at radius 3 is 2.08 bits per heavy atom. The molecule has 1 aliphatic rings. The maximum Gasteiger partial charge on any atom is 0.132 e. The van der Waals surface area contributed by atoms with Crippen LogP contribution in [-0.2, 0) is 4.79 Å². The zero-order valence-corrected chi connectivity index (χ0v) is 8.27. The van der Waals surface area contributed by atoms with E-state index in [-0.39, 0.29) is 0 Å². The van der Waals surface area contributed by atoms with Gasteiger partial charge >= 0.3 is 0 Å². The molecule has 0 atom stereocenters. The average Bonchev–Trinajstić information content (AvgIpc) is 2.13. The van der Waals surface area contributed by atoms with Crippen LogP contribution < -0.4 is 0 Å². The third-order valence-corrected chi connectivity index (χ3v) is 2.62. The number of ketones is 1. The maximum atomic E-state index is 11.2. The predicted molar refractivity (Wildman–Crippen MR) is 54.3 cm³/mol. The Morgan fingerprint density at radius 2 is 1.31 bits per heavy atom. The summed E-state index contributed by atoms with van der Waals surface area (Å²) in [6.07, 6.45) is 8.72. The Bertz CT molecular complexity index is 167. The van der Waals surface area contributed by atoms with Crippen LogP contribution in [0.2, 0.25) is 0 Å². The number of nitrogens with one attached hydrogen (secondary N) is 1. The van der Waals surface area contributed by atoms with E-state index >= 15 is 0 Å². The lowest BCUT2D eigenvalue weighted by molar-refractivity contribution is -0.119. The first-order chi connectivity index (χ1) is 6.29. The van der Waals surface area contributed by atoms with Gasteiger partial charge in [-0.1, -0.05) is 12.8 Å². The van der Waals surface area contributed by atoms with Gasteiger partial charge in [0.15, 0.2) is 0 Å². The molecule has 0 radical (unpaired) electrons. The molecule has 0 unspecified atom stereocenters. The first kappa shape index (κ1) is 10.4. The molecule has 0 amide bonds. The first-order valence-corrected chi connectivity index (χ1v) is 5.37. The molecular formula is C11H19NO. The molecule has 0 aromatic heterocycles. The minimum atomic E-state index is 0.398. The van der Waals surface area contributed by atoms with Gasteiger partial charge in [0.1, 0.15) is 5.78 Å². The van der Waals surface area contributed by atoms with Crippen molar-refractivity contribution in [3.63, 3.8) is 0 Å². The summed E-state index contributed by atoms with van der Waals surface area (Å²) in [6, 6.07) is 0. The van der Waals surface area contributed by atoms with E-state index in [1.54, 1.807) is 0 Å². The Morgan fingerprint density at radius 1 is 0.769 bits per heavy atom. The maximum absolute atomic E-state index is 11.2. The Labute approximate surface area is 80.2 Å². The standard InChI is InChI=1S/C11H19NO/c12-10-6-3-1-2-4-8-11(13)9-5-7-10/h12H,1-9H2. The van der Waals surface area contributed by atoms with E-state index in [0.29, 0.717) is 12.2 Å². The average molecular weight is 181 g/mol. The molecular weight excluding hydrogens is 162 g/mol. The molecule has 74 valence electrons. The second kappa shape index (κ2) is 5.90. The van der Waals surface area contributed by atoms with E-state index in [1.807, 2.05) is 0 Å². The first-order valence-electron chi connectivity index (χ1n) is 5.37. The summed E-state index contributed by atoms with van der Waals surface area (Å²) in [4.78, 5) is 11.2. The van der Waals surface area contributed by atoms with Crippen LogP contribution in [-0.4, -0.2) is 11.5 Å². The molecule has 0 bridgehead atoms. The molecule has 0 aliphatic heterocycles. The van der Waals surface area contributed by atoms with Gasteiger partial charge in [-0.05, 0) is 32.1 Å². The molecule has 2 heteroatoms. The number of carbonyl (C=O) groups excluding carboxylic acids is 1. The highest BCUT2D eigenvalue weighted by Crippen LogP contribution is 2.12. The zero-order valence-electron chi connectivity index (χ0n) is 8.27. The molecule has 0 aromatic carbocycles. The summed E-state index contributed by atoms with van der Waals surface area (Å²) >= 11 is 0. The number of hydrogen-bond acceptors (Lipinski definition) is 2. The van der Waals surface area contributed by atoms with Crippen LogP contribution in [0.4, 0.5) is 0 Å². The molecule has 0 aromatic rings. The molecule has 2 nitrogen and oxygen atoms in total. The van der Waals surface area contributed by atoms with Crippen LogP contribution in [0, 0.1) is 5.41 Å². The van der Waals surface area contributed by atoms with E-state index < -0.39 is 0 Å². The van der Waals surface area contributed by atoms with Crippen LogP contribution in [0.3, 0.4) is 0 Å². The Balaban J connectivity index is 2.31. The van der Waals surface area contributed by atoms with E-state index in [0.717, 1.165) is 44.2 Å². The molecule has 0 heterocycles. The monoisotopic (exact) mass is 181 g/mol. The number of rotatable bonds is 0. The molecule has 1 aliphatic carbocycles. The summed E-state index contributed by atoms with van der Waals surface area (Å²) in [5.74, 6) is 0.398. The van der Waals surface area contributed by atoms with E-state index in [4.69, 9.17) is 5.41 Å². The van der Waals surface area contributed by atoms with Gasteiger partial charge in [0.05, 0.1) is 0 Å². The van der Waals surface area contributed by atoms with Gasteiger partial charge in [-0.25, -0.2) is 0 Å². The van der Waals surface area contributed by atoms with Crippen molar-refractivity contribution in [3.05, 3.63) is 0 Å². The molecule has 1 N–H and O–H groups in total. The number of carbonyl (C=O) groups is 1. The van der Waals surface area contributed by atoms with Crippen LogP contribution in [0.25, 0.3) is 0 Å². The summed E-state index contributed by atoms with van der Waals surface area (Å²) in [5.41, 5.74) is 0.842. The molecule has 1 fully saturated rings. The summed E-state index contributed by atoms with van der Waals surface area (Å²) in [6.45, 7) is 0. The largest absolute Gasteiger partial charge is 0.310 e. The second-order valence-corrected chi connectivity index (χ2v) is 3.91. The fraction of sp³-hybridized carbons (Fsp3) is 0.818. The van der Waals surface area contributed by atoms with Gasteiger partial charge in [0.25, 0.3) is 0 Å². The van der Waals surface area contributed by atoms with Crippen molar-refractivity contribution >= 4 is 11.5 Å². The smallest absolute Gasteiger partial charge is 0.132 e. The van der Waals surface area contributed by atoms with Crippen LogP contribution in [0.15, 0.2) is 0 Å². The van der Waals surface area contributed by atoms with Gasteiger partial charge in [0, 0.05) is 18.6 Å². The van der Waals surface area contributed by atoms with Gasteiger partial charge < -0.3 is 5.41 Å². The summed E-state index contributed by atoms with van der Waals surface area (Å²) in [5, 5.41) is 7.62. The van der Waals surface area contributed by atoms with Crippen LogP contribution in [0.5, 0.6) is 0 Å². The van der Waals surface area contributed by atoms with E-state index in [1.165, 1.54) is 12.8 Å². The minimum absolute atomic E-state index is 0.398. The number of Topliss-reactive ketones (excluding diaryl/α,β-unsaturated/α-hetero) is 1. The van der Waals surface area contributed by atoms with Gasteiger partial charge in [-0.3, -0.25) is 4.79 Å². The van der Waals surface area contributed by atoms with E-state index in [9.17, 15) is 4.79 Å². The second-order valence-electron chi connectivity index (χ2n) is 3.91. The SMILES string of the molecule is N=C1CCCCCCC(=O)CCC1. The van der Waals surface area contributed by atoms with Crippen molar-refractivity contribution in [1.82, 2.24) is 0 Å². The Kier molecular flexibility index (Phi) is 4.73. The zero-order chi connectivity index (χ0) is 9.52. The topological polar surface area (TPSA) is 40.9 Å². The molecule has 0 saturated heterocycles. The highest BCUT2D eigenvalue weighted by molar-refractivity contribution is 5.83. The molecule has 1 rings (SSSR count). The minimum Gasteiger partial charge on any atom is -0.310 e. The quantitative estimate of drug-likeness (QED) is 0.613. The molecule has 13 heavy (non-hydrogen) atoms. The van der Waals surface area contributed by atoms with Crippen molar-refractivity contribution in [2.75, 3.05) is 0 Å². The predicted octanol–water partition coefficient (Wildman–Crippen LogP) is 3.10. The van der Waals surface area contributed by atoms with Gasteiger partial charge in [-0.2, -0.15) is 0 Å². The summed E-state index contributed by atoms with van der Waals surface area (Å²) < 4.78 is 0. The van der Waals surface area contributed by atoms with E-state index in [2.05, 4.69) is 0 Å². The fourth-order valence-electron chi connectivity index (χ4n) is 1.76. The van der Waals surface area contributed by atoms with Crippen molar-refractivity contribution in [1.29, 1.82) is 5.41 Å².